The van der Waals surface area contributed by atoms with E-state index in [0.717, 1.165) is 13.1 Å². The van der Waals surface area contributed by atoms with Crippen LogP contribution in [0.25, 0.3) is 0 Å². The lowest BCUT2D eigenvalue weighted by molar-refractivity contribution is -0.138. The number of amides is 1. The van der Waals surface area contributed by atoms with Crippen LogP contribution < -0.4 is 10.6 Å². The molecule has 0 bridgehead atoms. The molecule has 5 nitrogen and oxygen atoms in total. The predicted molar refractivity (Wildman–Crippen MR) is 66.4 cm³/mol. The lowest BCUT2D eigenvalue weighted by Crippen LogP contribution is -2.34. The Labute approximate surface area is 117 Å². The molecule has 0 spiro atoms. The Morgan fingerprint density at radius 3 is 2.47 bits per heavy atom. The SMILES string of the molecule is Cl.O=C(Nc1nnc(C(F)(F)F)s1)C1CCNCC1. The topological polar surface area (TPSA) is 66.9 Å². The first kappa shape index (κ1) is 16.1. The zero-order valence-electron chi connectivity index (χ0n) is 9.66. The van der Waals surface area contributed by atoms with Crippen LogP contribution in [0.4, 0.5) is 18.3 Å². The van der Waals surface area contributed by atoms with Crippen LogP contribution in [0.5, 0.6) is 0 Å². The molecule has 0 aliphatic carbocycles. The van der Waals surface area contributed by atoms with Gasteiger partial charge in [-0.3, -0.25) is 4.79 Å². The lowest BCUT2D eigenvalue weighted by atomic mass is 9.97. The second-order valence-electron chi connectivity index (χ2n) is 3.92. The molecule has 1 aromatic rings. The number of anilines is 1. The average Bonchev–Trinajstić information content (AvgIpc) is 2.78. The molecule has 1 aromatic heterocycles. The molecule has 1 aliphatic heterocycles. The van der Waals surface area contributed by atoms with Crippen molar-refractivity contribution in [2.45, 2.75) is 19.0 Å². The van der Waals surface area contributed by atoms with Crippen molar-refractivity contribution < 1.29 is 18.0 Å². The highest BCUT2D eigenvalue weighted by Crippen LogP contribution is 2.33. The molecule has 10 heteroatoms. The van der Waals surface area contributed by atoms with E-state index in [2.05, 4.69) is 20.8 Å². The summed E-state index contributed by atoms with van der Waals surface area (Å²) in [5.74, 6) is -0.467. The maximum absolute atomic E-state index is 12.3. The van der Waals surface area contributed by atoms with Crippen molar-refractivity contribution in [1.29, 1.82) is 0 Å². The lowest BCUT2D eigenvalue weighted by Gasteiger charge is -2.20. The van der Waals surface area contributed by atoms with Gasteiger partial charge in [0.15, 0.2) is 0 Å². The van der Waals surface area contributed by atoms with Crippen molar-refractivity contribution in [2.75, 3.05) is 18.4 Å². The van der Waals surface area contributed by atoms with Crippen molar-refractivity contribution in [3.63, 3.8) is 0 Å². The number of halogens is 4. The minimum Gasteiger partial charge on any atom is -0.317 e. The number of aromatic nitrogens is 2. The summed E-state index contributed by atoms with van der Waals surface area (Å²) in [6, 6.07) is 0. The molecular weight excluding hydrogens is 305 g/mol. The Kier molecular flexibility index (Phi) is 5.50. The van der Waals surface area contributed by atoms with Gasteiger partial charge in [0.1, 0.15) is 0 Å². The van der Waals surface area contributed by atoms with E-state index in [1.165, 1.54) is 0 Å². The maximum Gasteiger partial charge on any atom is 0.445 e. The molecule has 2 heterocycles. The Morgan fingerprint density at radius 1 is 1.32 bits per heavy atom. The summed E-state index contributed by atoms with van der Waals surface area (Å²) in [6.45, 7) is 1.48. The quantitative estimate of drug-likeness (QED) is 0.875. The third kappa shape index (κ3) is 4.29. The molecule has 0 atom stereocenters. The second-order valence-corrected chi connectivity index (χ2v) is 4.90. The maximum atomic E-state index is 12.3. The van der Waals surface area contributed by atoms with Gasteiger partial charge in [0.25, 0.3) is 0 Å². The van der Waals surface area contributed by atoms with Gasteiger partial charge in [-0.2, -0.15) is 13.2 Å². The van der Waals surface area contributed by atoms with Gasteiger partial charge in [-0.05, 0) is 25.9 Å². The normalized spacial score (nSPS) is 16.8. The minimum absolute atomic E-state index is 0. The van der Waals surface area contributed by atoms with Crippen molar-refractivity contribution in [3.8, 4) is 0 Å². The number of carbonyl (C=O) groups excluding carboxylic acids is 1. The van der Waals surface area contributed by atoms with Crippen LogP contribution in [0.3, 0.4) is 0 Å². The van der Waals surface area contributed by atoms with Gasteiger partial charge in [-0.1, -0.05) is 11.3 Å². The fourth-order valence-corrected chi connectivity index (χ4v) is 2.29. The van der Waals surface area contributed by atoms with Crippen LogP contribution in [-0.2, 0) is 11.0 Å². The van der Waals surface area contributed by atoms with E-state index >= 15 is 0 Å². The first-order chi connectivity index (χ1) is 8.47. The molecule has 0 saturated carbocycles. The van der Waals surface area contributed by atoms with E-state index in [1.807, 2.05) is 0 Å². The molecule has 1 saturated heterocycles. The van der Waals surface area contributed by atoms with Gasteiger partial charge in [-0.15, -0.1) is 22.6 Å². The summed E-state index contributed by atoms with van der Waals surface area (Å²) in [6.07, 6.45) is -3.16. The van der Waals surface area contributed by atoms with Crippen LogP contribution in [0.15, 0.2) is 0 Å². The summed E-state index contributed by atoms with van der Waals surface area (Å²) < 4.78 is 36.8. The van der Waals surface area contributed by atoms with Crippen molar-refractivity contribution >= 4 is 34.8 Å². The zero-order valence-corrected chi connectivity index (χ0v) is 11.3. The predicted octanol–water partition coefficient (Wildman–Crippen LogP) is 1.92. The molecule has 1 fully saturated rings. The largest absolute Gasteiger partial charge is 0.445 e. The highest BCUT2D eigenvalue weighted by atomic mass is 35.5. The summed E-state index contributed by atoms with van der Waals surface area (Å²) >= 11 is 0.337. The highest BCUT2D eigenvalue weighted by molar-refractivity contribution is 7.15. The molecule has 1 amide bonds. The minimum atomic E-state index is -4.52. The zero-order chi connectivity index (χ0) is 13.2. The molecule has 0 radical (unpaired) electrons. The highest BCUT2D eigenvalue weighted by Gasteiger charge is 2.36. The summed E-state index contributed by atoms with van der Waals surface area (Å²) in [5, 5.41) is 10.6. The number of piperidine rings is 1. The van der Waals surface area contributed by atoms with E-state index in [0.29, 0.717) is 24.2 Å². The standard InChI is InChI=1S/C9H11F3N4OS.ClH/c10-9(11,12)7-15-16-8(18-7)14-6(17)5-1-3-13-4-2-5;/h5,13H,1-4H2,(H,14,16,17);1H. The molecule has 2 rings (SSSR count). The third-order valence-electron chi connectivity index (χ3n) is 2.61. The van der Waals surface area contributed by atoms with E-state index in [4.69, 9.17) is 0 Å². The van der Waals surface area contributed by atoms with Crippen LogP contribution >= 0.6 is 23.7 Å². The van der Waals surface area contributed by atoms with Gasteiger partial charge in [0.2, 0.25) is 16.0 Å². The molecule has 2 N–H and O–H groups in total. The van der Waals surface area contributed by atoms with Crippen molar-refractivity contribution in [2.24, 2.45) is 5.92 Å². The van der Waals surface area contributed by atoms with Gasteiger partial charge < -0.3 is 10.6 Å². The van der Waals surface area contributed by atoms with Crippen molar-refractivity contribution in [1.82, 2.24) is 15.5 Å². The van der Waals surface area contributed by atoms with E-state index in [1.54, 1.807) is 0 Å². The van der Waals surface area contributed by atoms with Gasteiger partial charge >= 0.3 is 6.18 Å². The van der Waals surface area contributed by atoms with E-state index in [9.17, 15) is 18.0 Å². The number of carbonyl (C=O) groups is 1. The number of hydrogen-bond acceptors (Lipinski definition) is 5. The fourth-order valence-electron chi connectivity index (χ4n) is 1.68. The summed E-state index contributed by atoms with van der Waals surface area (Å²) in [7, 11) is 0. The molecule has 0 unspecified atom stereocenters. The number of rotatable bonds is 2. The first-order valence-electron chi connectivity index (χ1n) is 5.39. The number of nitrogens with one attached hydrogen (secondary N) is 2. The second kappa shape index (κ2) is 6.49. The average molecular weight is 317 g/mol. The van der Waals surface area contributed by atoms with Crippen molar-refractivity contribution in [3.05, 3.63) is 5.01 Å². The van der Waals surface area contributed by atoms with Gasteiger partial charge in [0, 0.05) is 5.92 Å². The summed E-state index contributed by atoms with van der Waals surface area (Å²) in [4.78, 5) is 11.7. The Morgan fingerprint density at radius 2 is 1.95 bits per heavy atom. The molecule has 0 aromatic carbocycles. The number of alkyl halides is 3. The van der Waals surface area contributed by atoms with Crippen LogP contribution in [-0.4, -0.2) is 29.2 Å². The number of nitrogens with zero attached hydrogens (tertiary/aromatic N) is 2. The van der Waals surface area contributed by atoms with Crippen LogP contribution in [0, 0.1) is 5.92 Å². The van der Waals surface area contributed by atoms with Crippen LogP contribution in [0.2, 0.25) is 0 Å². The monoisotopic (exact) mass is 316 g/mol. The molecule has 108 valence electrons. The Balaban J connectivity index is 0.00000180. The Hall–Kier alpha value is -0.930. The smallest absolute Gasteiger partial charge is 0.317 e. The fraction of sp³-hybridized carbons (Fsp3) is 0.667. The third-order valence-corrected chi connectivity index (χ3v) is 3.49. The van der Waals surface area contributed by atoms with Crippen LogP contribution in [0.1, 0.15) is 17.8 Å². The molecular formula is C9H12ClF3N4OS. The Bertz CT molecular complexity index is 433. The molecule has 19 heavy (non-hydrogen) atoms. The molecule has 1 aliphatic rings. The van der Waals surface area contributed by atoms with Gasteiger partial charge in [0.05, 0.1) is 0 Å². The number of hydrogen-bond donors (Lipinski definition) is 2. The summed E-state index contributed by atoms with van der Waals surface area (Å²) in [5.41, 5.74) is 0. The van der Waals surface area contributed by atoms with E-state index in [-0.39, 0.29) is 29.4 Å². The van der Waals surface area contributed by atoms with E-state index < -0.39 is 11.2 Å². The van der Waals surface area contributed by atoms with Gasteiger partial charge in [-0.25, -0.2) is 0 Å². The first-order valence-corrected chi connectivity index (χ1v) is 6.21.